The molecule has 13 heavy (non-hydrogen) atoms. The van der Waals surface area contributed by atoms with E-state index < -0.39 is 5.97 Å². The van der Waals surface area contributed by atoms with Crippen LogP contribution in [-0.4, -0.2) is 23.2 Å². The van der Waals surface area contributed by atoms with E-state index in [1.807, 2.05) is 0 Å². The zero-order chi connectivity index (χ0) is 9.84. The fraction of sp³-hybridized carbons (Fsp3) is 0.250. The number of ether oxygens (including phenoxy) is 1. The van der Waals surface area contributed by atoms with Gasteiger partial charge in [-0.2, -0.15) is 0 Å². The van der Waals surface area contributed by atoms with Crippen LogP contribution in [0.1, 0.15) is 16.1 Å². The number of pyridine rings is 1. The maximum absolute atomic E-state index is 10.6. The quantitative estimate of drug-likeness (QED) is 0.824. The number of hydrogen-bond donors (Lipinski definition) is 1. The zero-order valence-corrected chi connectivity index (χ0v) is 8.54. The Kier molecular flexibility index (Phi) is 3.25. The first-order valence-corrected chi connectivity index (χ1v) is 4.64. The molecule has 0 amide bonds. The van der Waals surface area contributed by atoms with Crippen LogP contribution < -0.4 is 4.74 Å². The van der Waals surface area contributed by atoms with Gasteiger partial charge >= 0.3 is 5.97 Å². The number of rotatable bonds is 3. The van der Waals surface area contributed by atoms with Gasteiger partial charge in [-0.25, -0.2) is 9.78 Å². The third-order valence-electron chi connectivity index (χ3n) is 1.48. The predicted molar refractivity (Wildman–Crippen MR) is 50.4 cm³/mol. The summed E-state index contributed by atoms with van der Waals surface area (Å²) in [6, 6.07) is 3.12. The minimum Gasteiger partial charge on any atom is -0.480 e. The SMILES string of the molecule is COc1nc(CBr)ccc1C(=O)O. The Labute approximate surface area is 83.7 Å². The molecular formula is C8H8BrNO3. The van der Waals surface area contributed by atoms with Gasteiger partial charge in [0.15, 0.2) is 0 Å². The molecule has 1 heterocycles. The van der Waals surface area contributed by atoms with Crippen LogP contribution in [-0.2, 0) is 5.33 Å². The molecule has 1 rings (SSSR count). The molecule has 0 aliphatic heterocycles. The molecule has 0 radical (unpaired) electrons. The molecule has 0 bridgehead atoms. The van der Waals surface area contributed by atoms with Gasteiger partial charge in [-0.15, -0.1) is 0 Å². The van der Waals surface area contributed by atoms with Gasteiger partial charge in [0, 0.05) is 5.33 Å². The number of alkyl halides is 1. The Bertz CT molecular complexity index is 327. The first-order chi connectivity index (χ1) is 6.19. The summed E-state index contributed by atoms with van der Waals surface area (Å²) in [4.78, 5) is 14.6. The number of nitrogens with zero attached hydrogens (tertiary/aromatic N) is 1. The van der Waals surface area contributed by atoms with Crippen molar-refractivity contribution in [3.05, 3.63) is 23.4 Å². The Balaban J connectivity index is 3.15. The normalized spacial score (nSPS) is 9.69. The summed E-state index contributed by atoms with van der Waals surface area (Å²) in [6.45, 7) is 0. The third kappa shape index (κ3) is 2.18. The molecule has 0 aromatic carbocycles. The maximum atomic E-state index is 10.6. The van der Waals surface area contributed by atoms with Crippen molar-refractivity contribution < 1.29 is 14.6 Å². The van der Waals surface area contributed by atoms with Crippen LogP contribution >= 0.6 is 15.9 Å². The molecule has 4 nitrogen and oxygen atoms in total. The highest BCUT2D eigenvalue weighted by Crippen LogP contribution is 2.16. The first-order valence-electron chi connectivity index (χ1n) is 3.52. The lowest BCUT2D eigenvalue weighted by Gasteiger charge is -2.04. The Hall–Kier alpha value is -1.10. The van der Waals surface area contributed by atoms with E-state index in [9.17, 15) is 4.79 Å². The van der Waals surface area contributed by atoms with Crippen LogP contribution in [0.2, 0.25) is 0 Å². The van der Waals surface area contributed by atoms with Gasteiger partial charge in [0.2, 0.25) is 5.88 Å². The van der Waals surface area contributed by atoms with Gasteiger partial charge in [-0.1, -0.05) is 15.9 Å². The minimum absolute atomic E-state index is 0.0761. The van der Waals surface area contributed by atoms with Crippen molar-refractivity contribution in [3.63, 3.8) is 0 Å². The smallest absolute Gasteiger partial charge is 0.341 e. The second-order valence-electron chi connectivity index (χ2n) is 2.30. The minimum atomic E-state index is -1.04. The molecule has 1 N–H and O–H groups in total. The standard InChI is InChI=1S/C8H8BrNO3/c1-13-7-6(8(11)12)3-2-5(4-9)10-7/h2-3H,4H2,1H3,(H,11,12). The summed E-state index contributed by atoms with van der Waals surface area (Å²) in [5.41, 5.74) is 0.814. The second-order valence-corrected chi connectivity index (χ2v) is 2.86. The Morgan fingerprint density at radius 2 is 2.38 bits per heavy atom. The lowest BCUT2D eigenvalue weighted by molar-refractivity contribution is 0.0692. The first kappa shape index (κ1) is 9.98. The number of carbonyl (C=O) groups is 1. The average Bonchev–Trinajstić information content (AvgIpc) is 2.16. The molecular weight excluding hydrogens is 238 g/mol. The van der Waals surface area contributed by atoms with E-state index in [4.69, 9.17) is 9.84 Å². The Morgan fingerprint density at radius 1 is 1.69 bits per heavy atom. The van der Waals surface area contributed by atoms with Crippen molar-refractivity contribution in [1.82, 2.24) is 4.98 Å². The summed E-state index contributed by atoms with van der Waals surface area (Å²) in [6.07, 6.45) is 0. The molecule has 70 valence electrons. The average molecular weight is 246 g/mol. The number of aromatic nitrogens is 1. The van der Waals surface area contributed by atoms with Crippen LogP contribution in [0.4, 0.5) is 0 Å². The van der Waals surface area contributed by atoms with Crippen LogP contribution in [0.3, 0.4) is 0 Å². The summed E-state index contributed by atoms with van der Waals surface area (Å²) < 4.78 is 4.84. The lowest BCUT2D eigenvalue weighted by atomic mass is 10.2. The van der Waals surface area contributed by atoms with E-state index in [-0.39, 0.29) is 11.4 Å². The third-order valence-corrected chi connectivity index (χ3v) is 2.05. The van der Waals surface area contributed by atoms with Gasteiger partial charge in [0.25, 0.3) is 0 Å². The highest BCUT2D eigenvalue weighted by Gasteiger charge is 2.11. The summed E-state index contributed by atoms with van der Waals surface area (Å²) in [5, 5.41) is 9.30. The van der Waals surface area contributed by atoms with Gasteiger partial charge in [-0.05, 0) is 12.1 Å². The predicted octanol–water partition coefficient (Wildman–Crippen LogP) is 1.68. The van der Waals surface area contributed by atoms with Crippen molar-refractivity contribution in [1.29, 1.82) is 0 Å². The van der Waals surface area contributed by atoms with Gasteiger partial charge in [0.05, 0.1) is 12.8 Å². The van der Waals surface area contributed by atoms with E-state index >= 15 is 0 Å². The van der Waals surface area contributed by atoms with E-state index in [0.29, 0.717) is 5.33 Å². The molecule has 0 saturated carbocycles. The largest absolute Gasteiger partial charge is 0.480 e. The molecule has 0 aliphatic carbocycles. The zero-order valence-electron chi connectivity index (χ0n) is 6.95. The molecule has 0 aliphatic rings. The molecule has 1 aromatic heterocycles. The number of hydrogen-bond acceptors (Lipinski definition) is 3. The van der Waals surface area contributed by atoms with Crippen LogP contribution in [0.5, 0.6) is 5.88 Å². The van der Waals surface area contributed by atoms with Crippen molar-refractivity contribution >= 4 is 21.9 Å². The fourth-order valence-electron chi connectivity index (χ4n) is 0.872. The van der Waals surface area contributed by atoms with E-state index in [2.05, 4.69) is 20.9 Å². The highest BCUT2D eigenvalue weighted by molar-refractivity contribution is 9.08. The van der Waals surface area contributed by atoms with Gasteiger partial charge < -0.3 is 9.84 Å². The number of carboxylic acids is 1. The van der Waals surface area contributed by atoms with E-state index in [1.54, 1.807) is 6.07 Å². The van der Waals surface area contributed by atoms with Gasteiger partial charge in [-0.3, -0.25) is 0 Å². The number of halogens is 1. The molecule has 0 saturated heterocycles. The number of carboxylic acid groups (broad SMARTS) is 1. The van der Waals surface area contributed by atoms with E-state index in [0.717, 1.165) is 5.69 Å². The highest BCUT2D eigenvalue weighted by atomic mass is 79.9. The summed E-state index contributed by atoms with van der Waals surface area (Å²) in [7, 11) is 1.40. The van der Waals surface area contributed by atoms with Crippen LogP contribution in [0, 0.1) is 0 Å². The molecule has 1 aromatic rings. The van der Waals surface area contributed by atoms with Crippen LogP contribution in [0.15, 0.2) is 12.1 Å². The maximum Gasteiger partial charge on any atom is 0.341 e. The lowest BCUT2D eigenvalue weighted by Crippen LogP contribution is -2.03. The topological polar surface area (TPSA) is 59.4 Å². The summed E-state index contributed by atoms with van der Waals surface area (Å²) >= 11 is 3.22. The molecule has 0 fully saturated rings. The number of methoxy groups -OCH3 is 1. The summed E-state index contributed by atoms with van der Waals surface area (Å²) in [5.74, 6) is -0.894. The fourth-order valence-corrected chi connectivity index (χ4v) is 1.18. The monoisotopic (exact) mass is 245 g/mol. The second kappa shape index (κ2) is 4.23. The number of aromatic carboxylic acids is 1. The van der Waals surface area contributed by atoms with Crippen molar-refractivity contribution in [2.24, 2.45) is 0 Å². The van der Waals surface area contributed by atoms with Crippen molar-refractivity contribution in [2.75, 3.05) is 7.11 Å². The van der Waals surface area contributed by atoms with Gasteiger partial charge in [0.1, 0.15) is 5.56 Å². The van der Waals surface area contributed by atoms with E-state index in [1.165, 1.54) is 13.2 Å². The molecule has 0 unspecified atom stereocenters. The van der Waals surface area contributed by atoms with Crippen molar-refractivity contribution in [3.8, 4) is 5.88 Å². The Morgan fingerprint density at radius 3 is 2.85 bits per heavy atom. The molecule has 0 atom stereocenters. The van der Waals surface area contributed by atoms with Crippen LogP contribution in [0.25, 0.3) is 0 Å². The van der Waals surface area contributed by atoms with Crippen molar-refractivity contribution in [2.45, 2.75) is 5.33 Å². The molecule has 5 heteroatoms. The molecule has 0 spiro atoms.